The summed E-state index contributed by atoms with van der Waals surface area (Å²) >= 11 is 0. The largest absolute Gasteiger partial charge is 0.508 e. The van der Waals surface area contributed by atoms with Gasteiger partial charge in [-0.15, -0.1) is 0 Å². The first-order chi connectivity index (χ1) is 8.08. The molecule has 1 aromatic rings. The van der Waals surface area contributed by atoms with Crippen LogP contribution in [0.1, 0.15) is 32.3 Å². The number of hydrogen-bond acceptors (Lipinski definition) is 3. The highest BCUT2D eigenvalue weighted by Crippen LogP contribution is 2.28. The summed E-state index contributed by atoms with van der Waals surface area (Å²) in [6.45, 7) is 6.46. The van der Waals surface area contributed by atoms with Gasteiger partial charge in [0.1, 0.15) is 5.75 Å². The molecule has 2 rings (SSSR count). The molecule has 0 spiro atoms. The van der Waals surface area contributed by atoms with Gasteiger partial charge in [0, 0.05) is 23.8 Å². The Kier molecular flexibility index (Phi) is 3.57. The Balaban J connectivity index is 2.12. The molecule has 1 aliphatic rings. The molecule has 0 aromatic heterocycles. The first-order valence-corrected chi connectivity index (χ1v) is 6.39. The van der Waals surface area contributed by atoms with Crippen molar-refractivity contribution in [2.75, 3.05) is 12.3 Å². The Morgan fingerprint density at radius 3 is 2.94 bits per heavy atom. The second-order valence-corrected chi connectivity index (χ2v) is 5.31. The van der Waals surface area contributed by atoms with Gasteiger partial charge in [-0.05, 0) is 43.5 Å². The lowest BCUT2D eigenvalue weighted by molar-refractivity contribution is 0.197. The summed E-state index contributed by atoms with van der Waals surface area (Å²) in [5.74, 6) is 1.02. The van der Waals surface area contributed by atoms with Crippen LogP contribution >= 0.6 is 0 Å². The predicted molar refractivity (Wildman–Crippen MR) is 70.8 cm³/mol. The van der Waals surface area contributed by atoms with Crippen molar-refractivity contribution in [3.05, 3.63) is 23.8 Å². The second kappa shape index (κ2) is 4.96. The van der Waals surface area contributed by atoms with Gasteiger partial charge in [-0.25, -0.2) is 0 Å². The predicted octanol–water partition coefficient (Wildman–Crippen LogP) is 2.59. The molecule has 1 heterocycles. The number of hydrogen-bond donors (Lipinski definition) is 2. The Hall–Kier alpha value is -1.22. The molecule has 0 aliphatic carbocycles. The Bertz CT molecular complexity index is 390. The van der Waals surface area contributed by atoms with Crippen molar-refractivity contribution in [3.8, 4) is 5.75 Å². The fraction of sp³-hybridized carbons (Fsp3) is 0.571. The highest BCUT2D eigenvalue weighted by atomic mass is 16.3. The van der Waals surface area contributed by atoms with Gasteiger partial charge in [0.25, 0.3) is 0 Å². The van der Waals surface area contributed by atoms with Gasteiger partial charge in [0.2, 0.25) is 0 Å². The van der Waals surface area contributed by atoms with Crippen LogP contribution in [0.15, 0.2) is 18.2 Å². The highest BCUT2D eigenvalue weighted by Gasteiger charge is 2.27. The first kappa shape index (κ1) is 12.2. The SMILES string of the molecule is CC(C)C1CCCN1Cc1cc(N)ccc1O. The number of anilines is 1. The number of likely N-dealkylation sites (tertiary alicyclic amines) is 1. The Morgan fingerprint density at radius 1 is 1.47 bits per heavy atom. The lowest BCUT2D eigenvalue weighted by Gasteiger charge is -2.27. The highest BCUT2D eigenvalue weighted by molar-refractivity contribution is 5.47. The number of phenolic OH excluding ortho intramolecular Hbond substituents is 1. The molecule has 0 radical (unpaired) electrons. The second-order valence-electron chi connectivity index (χ2n) is 5.31. The van der Waals surface area contributed by atoms with Crippen LogP contribution in [0.3, 0.4) is 0 Å². The van der Waals surface area contributed by atoms with E-state index < -0.39 is 0 Å². The molecular formula is C14H22N2O. The van der Waals surface area contributed by atoms with Crippen LogP contribution < -0.4 is 5.73 Å². The minimum atomic E-state index is 0.355. The van der Waals surface area contributed by atoms with Gasteiger partial charge < -0.3 is 10.8 Å². The van der Waals surface area contributed by atoms with E-state index in [2.05, 4.69) is 18.7 Å². The third-order valence-electron chi connectivity index (χ3n) is 3.66. The molecule has 1 aromatic carbocycles. The summed E-state index contributed by atoms with van der Waals surface area (Å²) in [5.41, 5.74) is 7.43. The minimum Gasteiger partial charge on any atom is -0.508 e. The van der Waals surface area contributed by atoms with Gasteiger partial charge in [-0.1, -0.05) is 13.8 Å². The summed E-state index contributed by atoms with van der Waals surface area (Å²) in [7, 11) is 0. The summed E-state index contributed by atoms with van der Waals surface area (Å²) in [5, 5.41) is 9.84. The van der Waals surface area contributed by atoms with Crippen molar-refractivity contribution in [1.82, 2.24) is 4.90 Å². The molecule has 3 N–H and O–H groups in total. The number of rotatable bonds is 3. The monoisotopic (exact) mass is 234 g/mol. The fourth-order valence-corrected chi connectivity index (χ4v) is 2.75. The first-order valence-electron chi connectivity index (χ1n) is 6.39. The zero-order valence-electron chi connectivity index (χ0n) is 10.7. The summed E-state index contributed by atoms with van der Waals surface area (Å²) < 4.78 is 0. The molecule has 3 nitrogen and oxygen atoms in total. The van der Waals surface area contributed by atoms with E-state index in [0.717, 1.165) is 24.3 Å². The summed E-state index contributed by atoms with van der Waals surface area (Å²) in [6, 6.07) is 5.94. The van der Waals surface area contributed by atoms with Crippen LogP contribution in [0.2, 0.25) is 0 Å². The molecule has 17 heavy (non-hydrogen) atoms. The zero-order chi connectivity index (χ0) is 12.4. The molecule has 1 saturated heterocycles. The van der Waals surface area contributed by atoms with Crippen molar-refractivity contribution >= 4 is 5.69 Å². The van der Waals surface area contributed by atoms with E-state index in [9.17, 15) is 5.11 Å². The van der Waals surface area contributed by atoms with Crippen LogP contribution in [0.5, 0.6) is 5.75 Å². The third-order valence-corrected chi connectivity index (χ3v) is 3.66. The minimum absolute atomic E-state index is 0.355. The molecule has 1 fully saturated rings. The third kappa shape index (κ3) is 2.72. The number of nitrogens with zero attached hydrogens (tertiary/aromatic N) is 1. The lowest BCUT2D eigenvalue weighted by Crippen LogP contribution is -2.32. The quantitative estimate of drug-likeness (QED) is 0.624. The van der Waals surface area contributed by atoms with Crippen LogP contribution in [0, 0.1) is 5.92 Å². The van der Waals surface area contributed by atoms with Gasteiger partial charge in [0.15, 0.2) is 0 Å². The maximum absolute atomic E-state index is 9.84. The maximum Gasteiger partial charge on any atom is 0.120 e. The normalized spacial score (nSPS) is 21.2. The maximum atomic E-state index is 9.84. The van der Waals surface area contributed by atoms with Crippen molar-refractivity contribution in [2.24, 2.45) is 5.92 Å². The van der Waals surface area contributed by atoms with Crippen molar-refractivity contribution < 1.29 is 5.11 Å². The van der Waals surface area contributed by atoms with Gasteiger partial charge >= 0.3 is 0 Å². The summed E-state index contributed by atoms with van der Waals surface area (Å²) in [6.07, 6.45) is 2.52. The fourth-order valence-electron chi connectivity index (χ4n) is 2.75. The van der Waals surface area contributed by atoms with E-state index in [1.54, 1.807) is 12.1 Å². The zero-order valence-corrected chi connectivity index (χ0v) is 10.7. The summed E-state index contributed by atoms with van der Waals surface area (Å²) in [4.78, 5) is 2.46. The smallest absolute Gasteiger partial charge is 0.120 e. The van der Waals surface area contributed by atoms with Gasteiger partial charge in [-0.3, -0.25) is 4.90 Å². The van der Waals surface area contributed by atoms with Crippen LogP contribution in [0.4, 0.5) is 5.69 Å². The number of phenols is 1. The Morgan fingerprint density at radius 2 is 2.24 bits per heavy atom. The van der Waals surface area contributed by atoms with E-state index >= 15 is 0 Å². The molecule has 94 valence electrons. The van der Waals surface area contributed by atoms with E-state index in [1.807, 2.05) is 6.07 Å². The van der Waals surface area contributed by atoms with Crippen LogP contribution in [-0.2, 0) is 6.54 Å². The molecule has 0 saturated carbocycles. The molecule has 1 atom stereocenters. The number of aromatic hydroxyl groups is 1. The lowest BCUT2D eigenvalue weighted by atomic mass is 10.0. The average molecular weight is 234 g/mol. The van der Waals surface area contributed by atoms with E-state index in [0.29, 0.717) is 17.7 Å². The molecule has 0 bridgehead atoms. The van der Waals surface area contributed by atoms with Gasteiger partial charge in [-0.2, -0.15) is 0 Å². The number of nitrogen functional groups attached to an aromatic ring is 1. The number of nitrogens with two attached hydrogens (primary N) is 1. The average Bonchev–Trinajstić information content (AvgIpc) is 2.71. The molecule has 1 unspecified atom stereocenters. The van der Waals surface area contributed by atoms with E-state index in [1.165, 1.54) is 12.8 Å². The molecule has 3 heteroatoms. The molecular weight excluding hydrogens is 212 g/mol. The van der Waals surface area contributed by atoms with Gasteiger partial charge in [0.05, 0.1) is 0 Å². The van der Waals surface area contributed by atoms with E-state index in [-0.39, 0.29) is 0 Å². The van der Waals surface area contributed by atoms with E-state index in [4.69, 9.17) is 5.73 Å². The van der Waals surface area contributed by atoms with Crippen molar-refractivity contribution in [3.63, 3.8) is 0 Å². The van der Waals surface area contributed by atoms with Crippen molar-refractivity contribution in [2.45, 2.75) is 39.3 Å². The Labute approximate surface area is 103 Å². The topological polar surface area (TPSA) is 49.5 Å². The number of benzene rings is 1. The van der Waals surface area contributed by atoms with Crippen LogP contribution in [0.25, 0.3) is 0 Å². The van der Waals surface area contributed by atoms with Crippen molar-refractivity contribution in [1.29, 1.82) is 0 Å². The van der Waals surface area contributed by atoms with Crippen LogP contribution in [-0.4, -0.2) is 22.6 Å². The standard InChI is InChI=1S/C14H22N2O/c1-10(2)13-4-3-7-16(13)9-11-8-12(15)5-6-14(11)17/h5-6,8,10,13,17H,3-4,7,9,15H2,1-2H3. The molecule has 0 amide bonds. The molecule has 1 aliphatic heterocycles.